The van der Waals surface area contributed by atoms with Crippen LogP contribution in [-0.2, 0) is 0 Å². The first kappa shape index (κ1) is 20.7. The van der Waals surface area contributed by atoms with Gasteiger partial charge in [0.2, 0.25) is 0 Å². The monoisotopic (exact) mass is 415 g/mol. The summed E-state index contributed by atoms with van der Waals surface area (Å²) in [4.78, 5) is 15.2. The number of rotatable bonds is 7. The number of aldehydes is 1. The predicted molar refractivity (Wildman–Crippen MR) is 99.1 cm³/mol. The maximum absolute atomic E-state index is 12.6. The summed E-state index contributed by atoms with van der Waals surface area (Å²) in [6, 6.07) is 0. The highest BCUT2D eigenvalue weighted by Crippen LogP contribution is 2.34. The van der Waals surface area contributed by atoms with Gasteiger partial charge in [-0.2, -0.15) is 13.2 Å². The second-order valence-electron chi connectivity index (χ2n) is 6.70. The minimum absolute atomic E-state index is 0.138. The van der Waals surface area contributed by atoms with E-state index in [-0.39, 0.29) is 23.7 Å². The Balaban J connectivity index is 1.76. The molecule has 0 radical (unpaired) electrons. The number of alkyl halides is 3. The van der Waals surface area contributed by atoms with Gasteiger partial charge in [-0.05, 0) is 42.9 Å². The third-order valence-corrected chi connectivity index (χ3v) is 5.10. The summed E-state index contributed by atoms with van der Waals surface area (Å²) in [5.74, 6) is 0.298. The Morgan fingerprint density at radius 3 is 2.82 bits per heavy atom. The van der Waals surface area contributed by atoms with E-state index < -0.39 is 12.6 Å². The van der Waals surface area contributed by atoms with Gasteiger partial charge in [-0.1, -0.05) is 11.6 Å². The van der Waals surface area contributed by atoms with Crippen molar-refractivity contribution in [2.75, 3.05) is 19.7 Å². The fraction of sp³-hybridized carbons (Fsp3) is 0.474. The molecule has 0 atom stereocenters. The van der Waals surface area contributed by atoms with Crippen LogP contribution in [0.4, 0.5) is 13.2 Å². The summed E-state index contributed by atoms with van der Waals surface area (Å²) < 4.78 is 43.7. The molecule has 0 aromatic carbocycles. The molecule has 0 saturated heterocycles. The van der Waals surface area contributed by atoms with Gasteiger partial charge in [0.15, 0.2) is 6.29 Å². The third kappa shape index (κ3) is 5.05. The van der Waals surface area contributed by atoms with E-state index in [0.717, 1.165) is 42.5 Å². The van der Waals surface area contributed by atoms with Crippen LogP contribution in [0.2, 0.25) is 5.02 Å². The number of hydrogen-bond acceptors (Lipinski definition) is 5. The quantitative estimate of drug-likeness (QED) is 0.667. The van der Waals surface area contributed by atoms with Crippen molar-refractivity contribution in [3.63, 3.8) is 0 Å². The maximum atomic E-state index is 12.6. The number of aromatic nitrogens is 1. The summed E-state index contributed by atoms with van der Waals surface area (Å²) in [7, 11) is 0. The summed E-state index contributed by atoms with van der Waals surface area (Å²) in [6.45, 7) is 0.599. The molecule has 1 aliphatic carbocycles. The van der Waals surface area contributed by atoms with Gasteiger partial charge in [-0.3, -0.25) is 9.78 Å². The third-order valence-electron chi connectivity index (χ3n) is 4.80. The van der Waals surface area contributed by atoms with E-state index in [9.17, 15) is 18.0 Å². The van der Waals surface area contributed by atoms with Crippen LogP contribution in [0.1, 0.15) is 42.5 Å². The number of ether oxygens (including phenoxy) is 1. The molecule has 1 aromatic heterocycles. The highest BCUT2D eigenvalue weighted by atomic mass is 35.5. The lowest BCUT2D eigenvalue weighted by Crippen LogP contribution is -2.36. The Hall–Kier alpha value is -2.06. The van der Waals surface area contributed by atoms with Crippen LogP contribution in [-0.4, -0.2) is 42.2 Å². The lowest BCUT2D eigenvalue weighted by Gasteiger charge is -2.29. The topological polar surface area (TPSA) is 54.5 Å². The minimum atomic E-state index is -4.20. The fourth-order valence-electron chi connectivity index (χ4n) is 3.43. The van der Waals surface area contributed by atoms with E-state index in [1.807, 2.05) is 6.08 Å². The van der Waals surface area contributed by atoms with Crippen molar-refractivity contribution in [2.45, 2.75) is 38.3 Å². The number of nitrogens with one attached hydrogen (secondary N) is 1. The molecule has 0 spiro atoms. The first-order chi connectivity index (χ1) is 13.4. The number of hydrazine groups is 1. The van der Waals surface area contributed by atoms with Crippen molar-refractivity contribution in [1.29, 1.82) is 0 Å². The average molecular weight is 416 g/mol. The van der Waals surface area contributed by atoms with Crippen molar-refractivity contribution in [3.8, 4) is 5.75 Å². The number of pyridine rings is 1. The normalized spacial score (nSPS) is 17.7. The molecular weight excluding hydrogens is 395 g/mol. The fourth-order valence-corrected chi connectivity index (χ4v) is 3.62. The molecule has 1 aliphatic heterocycles. The van der Waals surface area contributed by atoms with E-state index in [2.05, 4.69) is 10.4 Å². The number of carbonyl (C=O) groups is 1. The van der Waals surface area contributed by atoms with E-state index >= 15 is 0 Å². The van der Waals surface area contributed by atoms with Gasteiger partial charge in [0, 0.05) is 19.3 Å². The van der Waals surface area contributed by atoms with Crippen LogP contribution in [0.5, 0.6) is 5.75 Å². The molecule has 0 fully saturated rings. The SMILES string of the molecule is O=Cc1c(Cl)cncc1OCC1=C(C2=CCNN2CCC(F)(F)F)CCCC1. The zero-order valence-corrected chi connectivity index (χ0v) is 15.9. The van der Waals surface area contributed by atoms with Gasteiger partial charge in [-0.15, -0.1) is 0 Å². The summed E-state index contributed by atoms with van der Waals surface area (Å²) >= 11 is 5.97. The van der Waals surface area contributed by atoms with Crippen LogP contribution in [0.25, 0.3) is 0 Å². The molecule has 1 N–H and O–H groups in total. The second-order valence-corrected chi connectivity index (χ2v) is 7.10. The molecule has 0 bridgehead atoms. The Morgan fingerprint density at radius 2 is 2.07 bits per heavy atom. The molecule has 0 amide bonds. The molecule has 1 aromatic rings. The predicted octanol–water partition coefficient (Wildman–Crippen LogP) is 4.45. The highest BCUT2D eigenvalue weighted by Gasteiger charge is 2.30. The van der Waals surface area contributed by atoms with Crippen molar-refractivity contribution >= 4 is 17.9 Å². The van der Waals surface area contributed by atoms with Crippen molar-refractivity contribution < 1.29 is 22.7 Å². The molecule has 2 aliphatic rings. The van der Waals surface area contributed by atoms with Crippen LogP contribution in [0.3, 0.4) is 0 Å². The molecule has 28 heavy (non-hydrogen) atoms. The molecule has 0 saturated carbocycles. The second kappa shape index (κ2) is 8.96. The molecule has 152 valence electrons. The molecule has 3 rings (SSSR count). The van der Waals surface area contributed by atoms with Crippen LogP contribution in [0.15, 0.2) is 35.3 Å². The zero-order chi connectivity index (χ0) is 20.1. The highest BCUT2D eigenvalue weighted by molar-refractivity contribution is 6.33. The number of hydrogen-bond donors (Lipinski definition) is 1. The van der Waals surface area contributed by atoms with Crippen LogP contribution >= 0.6 is 11.6 Å². The Kier molecular flexibility index (Phi) is 6.61. The van der Waals surface area contributed by atoms with Gasteiger partial charge in [-0.25, -0.2) is 5.43 Å². The van der Waals surface area contributed by atoms with Crippen LogP contribution < -0.4 is 10.2 Å². The number of nitrogens with zero attached hydrogens (tertiary/aromatic N) is 2. The van der Waals surface area contributed by atoms with E-state index in [1.54, 1.807) is 5.01 Å². The standard InChI is InChI=1S/C19H21ClF3N3O2/c20-16-9-24-10-18(15(16)11-27)28-12-13-3-1-2-4-14(13)17-5-7-25-26(17)8-6-19(21,22)23/h5,9-11,25H,1-4,6-8,12H2. The molecule has 0 unspecified atom stereocenters. The number of allylic oxidation sites excluding steroid dienone is 1. The van der Waals surface area contributed by atoms with Gasteiger partial charge in [0.25, 0.3) is 0 Å². The molecule has 2 heterocycles. The van der Waals surface area contributed by atoms with Crippen molar-refractivity contribution in [2.24, 2.45) is 0 Å². The summed E-state index contributed by atoms with van der Waals surface area (Å²) in [5.41, 5.74) is 6.06. The largest absolute Gasteiger partial charge is 0.487 e. The van der Waals surface area contributed by atoms with Gasteiger partial charge >= 0.3 is 6.18 Å². The first-order valence-corrected chi connectivity index (χ1v) is 9.47. The van der Waals surface area contributed by atoms with E-state index in [0.29, 0.717) is 18.6 Å². The minimum Gasteiger partial charge on any atom is -0.487 e. The van der Waals surface area contributed by atoms with Crippen molar-refractivity contribution in [1.82, 2.24) is 15.4 Å². The molecule has 9 heteroatoms. The molecule has 5 nitrogen and oxygen atoms in total. The first-order valence-electron chi connectivity index (χ1n) is 9.09. The lowest BCUT2D eigenvalue weighted by atomic mass is 9.90. The maximum Gasteiger partial charge on any atom is 0.390 e. The van der Waals surface area contributed by atoms with Gasteiger partial charge in [0.1, 0.15) is 12.4 Å². The zero-order valence-electron chi connectivity index (χ0n) is 15.2. The Bertz CT molecular complexity index is 793. The number of halogens is 4. The Labute approximate surface area is 166 Å². The van der Waals surface area contributed by atoms with E-state index in [4.69, 9.17) is 16.3 Å². The Morgan fingerprint density at radius 1 is 1.29 bits per heavy atom. The average Bonchev–Trinajstić information content (AvgIpc) is 3.13. The lowest BCUT2D eigenvalue weighted by molar-refractivity contribution is -0.137. The summed E-state index contributed by atoms with van der Waals surface area (Å²) in [5, 5.41) is 1.79. The van der Waals surface area contributed by atoms with Crippen LogP contribution in [0, 0.1) is 0 Å². The summed E-state index contributed by atoms with van der Waals surface area (Å²) in [6.07, 6.45) is 3.79. The van der Waals surface area contributed by atoms with Gasteiger partial charge < -0.3 is 9.75 Å². The smallest absolute Gasteiger partial charge is 0.390 e. The van der Waals surface area contributed by atoms with Gasteiger partial charge in [0.05, 0.1) is 28.9 Å². The van der Waals surface area contributed by atoms with Crippen molar-refractivity contribution in [3.05, 3.63) is 45.9 Å². The molecular formula is C19H21ClF3N3O2. The number of carbonyl (C=O) groups excluding carboxylic acids is 1. The van der Waals surface area contributed by atoms with E-state index in [1.165, 1.54) is 12.4 Å².